The van der Waals surface area contributed by atoms with Gasteiger partial charge in [-0.1, -0.05) is 24.1 Å². The van der Waals surface area contributed by atoms with Gasteiger partial charge in [-0.3, -0.25) is 0 Å². The number of rotatable bonds is 2. The second kappa shape index (κ2) is 5.34. The van der Waals surface area contributed by atoms with Gasteiger partial charge >= 0.3 is 0 Å². The highest BCUT2D eigenvalue weighted by Gasteiger charge is 2.14. The Morgan fingerprint density at radius 1 is 1.44 bits per heavy atom. The van der Waals surface area contributed by atoms with Gasteiger partial charge in [0.2, 0.25) is 0 Å². The standard InChI is InChI=1S/C13H15ClN2/c14-13-7-10(9-15)4-5-11(13)8-12-3-1-2-6-16-12/h4-5,7,12,16H,1-3,6,8H2. The molecule has 2 nitrogen and oxygen atoms in total. The average Bonchev–Trinajstić information content (AvgIpc) is 2.33. The van der Waals surface area contributed by atoms with Gasteiger partial charge in [0.15, 0.2) is 0 Å². The first-order valence-corrected chi connectivity index (χ1v) is 6.09. The number of nitrogens with one attached hydrogen (secondary N) is 1. The molecule has 1 heterocycles. The van der Waals surface area contributed by atoms with Crippen molar-refractivity contribution in [2.45, 2.75) is 31.7 Å². The maximum Gasteiger partial charge on any atom is 0.0992 e. The van der Waals surface area contributed by atoms with E-state index in [1.54, 1.807) is 6.07 Å². The second-order valence-electron chi connectivity index (χ2n) is 4.27. The molecule has 0 saturated carbocycles. The minimum atomic E-state index is 0.541. The van der Waals surface area contributed by atoms with Crippen molar-refractivity contribution < 1.29 is 0 Å². The Morgan fingerprint density at radius 3 is 2.94 bits per heavy atom. The van der Waals surface area contributed by atoms with Crippen molar-refractivity contribution in [2.75, 3.05) is 6.54 Å². The van der Waals surface area contributed by atoms with E-state index in [1.807, 2.05) is 12.1 Å². The van der Waals surface area contributed by atoms with Crippen molar-refractivity contribution in [3.8, 4) is 6.07 Å². The Balaban J connectivity index is 2.06. The van der Waals surface area contributed by atoms with Gasteiger partial charge in [0, 0.05) is 11.1 Å². The number of nitrogens with zero attached hydrogens (tertiary/aromatic N) is 1. The Kier molecular flexibility index (Phi) is 3.82. The van der Waals surface area contributed by atoms with Crippen LogP contribution in [0.1, 0.15) is 30.4 Å². The van der Waals surface area contributed by atoms with Crippen LogP contribution in [0.15, 0.2) is 18.2 Å². The summed E-state index contributed by atoms with van der Waals surface area (Å²) in [6, 6.07) is 8.20. The maximum absolute atomic E-state index is 8.75. The number of hydrogen-bond acceptors (Lipinski definition) is 2. The van der Waals surface area contributed by atoms with Gasteiger partial charge in [-0.15, -0.1) is 0 Å². The first kappa shape index (κ1) is 11.4. The highest BCUT2D eigenvalue weighted by Crippen LogP contribution is 2.21. The van der Waals surface area contributed by atoms with Crippen LogP contribution in [0.3, 0.4) is 0 Å². The molecule has 0 spiro atoms. The molecule has 3 heteroatoms. The van der Waals surface area contributed by atoms with Gasteiger partial charge < -0.3 is 5.32 Å². The van der Waals surface area contributed by atoms with Crippen molar-refractivity contribution in [2.24, 2.45) is 0 Å². The lowest BCUT2D eigenvalue weighted by Crippen LogP contribution is -2.35. The monoisotopic (exact) mass is 234 g/mol. The Hall–Kier alpha value is -1.04. The van der Waals surface area contributed by atoms with Gasteiger partial charge in [-0.25, -0.2) is 0 Å². The molecule has 1 atom stereocenters. The van der Waals surface area contributed by atoms with Gasteiger partial charge in [0.05, 0.1) is 11.6 Å². The molecule has 1 saturated heterocycles. The molecule has 1 unspecified atom stereocenters. The molecule has 1 fully saturated rings. The third-order valence-corrected chi connectivity index (χ3v) is 3.41. The smallest absolute Gasteiger partial charge is 0.0992 e. The van der Waals surface area contributed by atoms with Crippen molar-refractivity contribution in [3.05, 3.63) is 34.3 Å². The van der Waals surface area contributed by atoms with Crippen molar-refractivity contribution in [1.29, 1.82) is 5.26 Å². The fourth-order valence-corrected chi connectivity index (χ4v) is 2.40. The van der Waals surface area contributed by atoms with Crippen LogP contribution < -0.4 is 5.32 Å². The molecule has 0 aliphatic carbocycles. The summed E-state index contributed by atoms with van der Waals surface area (Å²) in [5.74, 6) is 0. The molecule has 1 aliphatic heterocycles. The Bertz CT molecular complexity index is 403. The van der Waals surface area contributed by atoms with Crippen LogP contribution in [0.4, 0.5) is 0 Å². The third-order valence-electron chi connectivity index (χ3n) is 3.06. The van der Waals surface area contributed by atoms with E-state index in [-0.39, 0.29) is 0 Å². The minimum Gasteiger partial charge on any atom is -0.314 e. The summed E-state index contributed by atoms with van der Waals surface area (Å²) in [5, 5.41) is 13.0. The molecule has 0 radical (unpaired) electrons. The normalized spacial score (nSPS) is 20.4. The van der Waals surface area contributed by atoms with Gasteiger partial charge in [-0.05, 0) is 43.5 Å². The zero-order valence-electron chi connectivity index (χ0n) is 9.17. The van der Waals surface area contributed by atoms with Crippen LogP contribution in [-0.4, -0.2) is 12.6 Å². The molecule has 0 amide bonds. The Morgan fingerprint density at radius 2 is 2.31 bits per heavy atom. The minimum absolute atomic E-state index is 0.541. The molecule has 0 aromatic heterocycles. The largest absolute Gasteiger partial charge is 0.314 e. The van der Waals surface area contributed by atoms with Crippen LogP contribution in [0.25, 0.3) is 0 Å². The van der Waals surface area contributed by atoms with E-state index in [0.29, 0.717) is 16.6 Å². The molecule has 2 rings (SSSR count). The molecule has 84 valence electrons. The van der Waals surface area contributed by atoms with Crippen LogP contribution >= 0.6 is 11.6 Å². The number of piperidine rings is 1. The molecular weight excluding hydrogens is 220 g/mol. The molecule has 1 aromatic carbocycles. The van der Waals surface area contributed by atoms with Crippen LogP contribution in [0.2, 0.25) is 5.02 Å². The van der Waals surface area contributed by atoms with Crippen molar-refractivity contribution >= 4 is 11.6 Å². The summed E-state index contributed by atoms with van der Waals surface area (Å²) in [7, 11) is 0. The summed E-state index contributed by atoms with van der Waals surface area (Å²) in [4.78, 5) is 0. The van der Waals surface area contributed by atoms with Crippen molar-refractivity contribution in [3.63, 3.8) is 0 Å². The van der Waals surface area contributed by atoms with E-state index in [2.05, 4.69) is 11.4 Å². The fraction of sp³-hybridized carbons (Fsp3) is 0.462. The van der Waals surface area contributed by atoms with Crippen LogP contribution in [0, 0.1) is 11.3 Å². The van der Waals surface area contributed by atoms with E-state index < -0.39 is 0 Å². The maximum atomic E-state index is 8.75. The molecule has 1 N–H and O–H groups in total. The summed E-state index contributed by atoms with van der Waals surface area (Å²) < 4.78 is 0. The highest BCUT2D eigenvalue weighted by atomic mass is 35.5. The average molecular weight is 235 g/mol. The summed E-state index contributed by atoms with van der Waals surface area (Å²) >= 11 is 6.15. The summed E-state index contributed by atoms with van der Waals surface area (Å²) in [5.41, 5.74) is 1.77. The molecule has 1 aromatic rings. The summed E-state index contributed by atoms with van der Waals surface area (Å²) in [6.45, 7) is 1.11. The first-order valence-electron chi connectivity index (χ1n) is 5.71. The molecule has 0 bridgehead atoms. The lowest BCUT2D eigenvalue weighted by atomic mass is 9.97. The first-order chi connectivity index (χ1) is 7.79. The zero-order valence-corrected chi connectivity index (χ0v) is 9.93. The lowest BCUT2D eigenvalue weighted by Gasteiger charge is -2.23. The SMILES string of the molecule is N#Cc1ccc(CC2CCCCN2)c(Cl)c1. The number of benzene rings is 1. The van der Waals surface area contributed by atoms with Crippen LogP contribution in [-0.2, 0) is 6.42 Å². The molecule has 16 heavy (non-hydrogen) atoms. The van der Waals surface area contributed by atoms with Gasteiger partial charge in [0.1, 0.15) is 0 Å². The van der Waals surface area contributed by atoms with E-state index >= 15 is 0 Å². The number of nitriles is 1. The van der Waals surface area contributed by atoms with E-state index in [4.69, 9.17) is 16.9 Å². The number of halogens is 1. The van der Waals surface area contributed by atoms with Crippen LogP contribution in [0.5, 0.6) is 0 Å². The Labute approximate surface area is 101 Å². The second-order valence-corrected chi connectivity index (χ2v) is 4.68. The third kappa shape index (κ3) is 2.75. The van der Waals surface area contributed by atoms with E-state index in [9.17, 15) is 0 Å². The van der Waals surface area contributed by atoms with Gasteiger partial charge in [-0.2, -0.15) is 5.26 Å². The lowest BCUT2D eigenvalue weighted by molar-refractivity contribution is 0.399. The highest BCUT2D eigenvalue weighted by molar-refractivity contribution is 6.31. The van der Waals surface area contributed by atoms with Gasteiger partial charge in [0.25, 0.3) is 0 Å². The molecule has 1 aliphatic rings. The summed E-state index contributed by atoms with van der Waals surface area (Å²) in [6.07, 6.45) is 4.75. The predicted octanol–water partition coefficient (Wildman–Crippen LogP) is 2.90. The zero-order chi connectivity index (χ0) is 11.4. The van der Waals surface area contributed by atoms with Crippen molar-refractivity contribution in [1.82, 2.24) is 5.32 Å². The molecular formula is C13H15ClN2. The fourth-order valence-electron chi connectivity index (χ4n) is 2.15. The quantitative estimate of drug-likeness (QED) is 0.854. The predicted molar refractivity (Wildman–Crippen MR) is 65.5 cm³/mol. The van der Waals surface area contributed by atoms with E-state index in [0.717, 1.165) is 18.5 Å². The topological polar surface area (TPSA) is 35.8 Å². The number of hydrogen-bond donors (Lipinski definition) is 1. The van der Waals surface area contributed by atoms with E-state index in [1.165, 1.54) is 19.3 Å².